The summed E-state index contributed by atoms with van der Waals surface area (Å²) in [5, 5.41) is 19.1. The molecule has 0 aromatic heterocycles. The molecule has 1 atom stereocenters. The predicted octanol–water partition coefficient (Wildman–Crippen LogP) is 0.0904. The van der Waals surface area contributed by atoms with Crippen LogP contribution in [0.15, 0.2) is 0 Å². The first-order valence-electron chi connectivity index (χ1n) is 5.20. The third-order valence-electron chi connectivity index (χ3n) is 1.89. The molecule has 0 aliphatic carbocycles. The molecular formula is C10H15NO6S. The summed E-state index contributed by atoms with van der Waals surface area (Å²) >= 11 is 0.874. The van der Waals surface area contributed by atoms with E-state index >= 15 is 0 Å². The topological polar surface area (TPSA) is 121 Å². The van der Waals surface area contributed by atoms with Crippen LogP contribution in [-0.4, -0.2) is 45.0 Å². The Morgan fingerprint density at radius 1 is 1.17 bits per heavy atom. The van der Waals surface area contributed by atoms with Crippen molar-refractivity contribution in [2.45, 2.75) is 32.2 Å². The molecule has 0 bridgehead atoms. The Bertz CT molecular complexity index is 343. The number of amides is 1. The largest absolute Gasteiger partial charge is 0.481 e. The number of thioether (sulfide) groups is 1. The molecule has 18 heavy (non-hydrogen) atoms. The zero-order valence-electron chi connectivity index (χ0n) is 9.84. The van der Waals surface area contributed by atoms with Crippen molar-refractivity contribution in [2.24, 2.45) is 0 Å². The highest BCUT2D eigenvalue weighted by atomic mass is 32.2. The summed E-state index contributed by atoms with van der Waals surface area (Å²) in [4.78, 5) is 42.9. The number of carbonyl (C=O) groups excluding carboxylic acids is 2. The molecule has 7 nitrogen and oxygen atoms in total. The molecule has 0 aromatic carbocycles. The normalized spacial score (nSPS) is 11.6. The SMILES string of the molecule is CC(=O)NC(CCSC(=O)CCC(=O)O)C(=O)O. The fraction of sp³-hybridized carbons (Fsp3) is 0.600. The number of carbonyl (C=O) groups is 4. The zero-order chi connectivity index (χ0) is 14.1. The van der Waals surface area contributed by atoms with Gasteiger partial charge in [-0.25, -0.2) is 4.79 Å². The number of aliphatic carboxylic acids is 2. The number of hydrogen-bond donors (Lipinski definition) is 3. The Balaban J connectivity index is 3.92. The van der Waals surface area contributed by atoms with E-state index in [1.165, 1.54) is 6.92 Å². The molecule has 0 aromatic rings. The number of rotatable bonds is 8. The van der Waals surface area contributed by atoms with Gasteiger partial charge in [0.05, 0.1) is 6.42 Å². The van der Waals surface area contributed by atoms with Gasteiger partial charge in [-0.3, -0.25) is 14.4 Å². The van der Waals surface area contributed by atoms with Crippen LogP contribution in [0.5, 0.6) is 0 Å². The Morgan fingerprint density at radius 2 is 1.78 bits per heavy atom. The van der Waals surface area contributed by atoms with Crippen LogP contribution in [0.25, 0.3) is 0 Å². The minimum absolute atomic E-state index is 0.0854. The van der Waals surface area contributed by atoms with Gasteiger partial charge >= 0.3 is 11.9 Å². The van der Waals surface area contributed by atoms with Gasteiger partial charge in [-0.05, 0) is 6.42 Å². The van der Waals surface area contributed by atoms with Crippen molar-refractivity contribution < 1.29 is 29.4 Å². The highest BCUT2D eigenvalue weighted by Crippen LogP contribution is 2.10. The van der Waals surface area contributed by atoms with Gasteiger partial charge in [-0.15, -0.1) is 0 Å². The van der Waals surface area contributed by atoms with Crippen molar-refractivity contribution in [1.29, 1.82) is 0 Å². The third kappa shape index (κ3) is 8.57. The van der Waals surface area contributed by atoms with Gasteiger partial charge in [-0.1, -0.05) is 11.8 Å². The van der Waals surface area contributed by atoms with Crippen LogP contribution >= 0.6 is 11.8 Å². The number of carboxylic acid groups (broad SMARTS) is 2. The first-order chi connectivity index (χ1) is 8.32. The van der Waals surface area contributed by atoms with Crippen molar-refractivity contribution in [3.05, 3.63) is 0 Å². The highest BCUT2D eigenvalue weighted by molar-refractivity contribution is 8.13. The van der Waals surface area contributed by atoms with E-state index in [2.05, 4.69) is 5.32 Å². The molecule has 0 aliphatic rings. The average Bonchev–Trinajstić information content (AvgIpc) is 2.24. The van der Waals surface area contributed by atoms with Gasteiger partial charge in [-0.2, -0.15) is 0 Å². The summed E-state index contributed by atoms with van der Waals surface area (Å²) in [6.07, 6.45) is -0.212. The number of hydrogen-bond acceptors (Lipinski definition) is 5. The van der Waals surface area contributed by atoms with Crippen LogP contribution < -0.4 is 5.32 Å². The van der Waals surface area contributed by atoms with E-state index in [9.17, 15) is 19.2 Å². The average molecular weight is 277 g/mol. The van der Waals surface area contributed by atoms with Crippen molar-refractivity contribution in [3.8, 4) is 0 Å². The lowest BCUT2D eigenvalue weighted by atomic mass is 10.2. The van der Waals surface area contributed by atoms with E-state index in [4.69, 9.17) is 10.2 Å². The summed E-state index contributed by atoms with van der Waals surface area (Å²) in [6, 6.07) is -1.03. The standard InChI is InChI=1S/C10H15NO6S/c1-6(12)11-7(10(16)17)4-5-18-9(15)3-2-8(13)14/h7H,2-5H2,1H3,(H,11,12)(H,13,14)(H,16,17). The van der Waals surface area contributed by atoms with Crippen LogP contribution in [0.3, 0.4) is 0 Å². The summed E-state index contributed by atoms with van der Waals surface area (Å²) in [6.45, 7) is 1.21. The van der Waals surface area contributed by atoms with E-state index < -0.39 is 23.9 Å². The molecule has 0 saturated heterocycles. The van der Waals surface area contributed by atoms with E-state index in [1.54, 1.807) is 0 Å². The highest BCUT2D eigenvalue weighted by Gasteiger charge is 2.18. The first kappa shape index (κ1) is 16.4. The summed E-state index contributed by atoms with van der Waals surface area (Å²) in [5.41, 5.74) is 0. The molecule has 0 rings (SSSR count). The van der Waals surface area contributed by atoms with Gasteiger partial charge in [0.1, 0.15) is 6.04 Å². The van der Waals surface area contributed by atoms with E-state index in [-0.39, 0.29) is 30.1 Å². The van der Waals surface area contributed by atoms with Crippen LogP contribution in [0.2, 0.25) is 0 Å². The van der Waals surface area contributed by atoms with E-state index in [1.807, 2.05) is 0 Å². The molecule has 0 fully saturated rings. The maximum Gasteiger partial charge on any atom is 0.326 e. The minimum Gasteiger partial charge on any atom is -0.481 e. The van der Waals surface area contributed by atoms with Crippen molar-refractivity contribution >= 4 is 34.7 Å². The summed E-state index contributed by atoms with van der Waals surface area (Å²) < 4.78 is 0. The van der Waals surface area contributed by atoms with Crippen molar-refractivity contribution in [2.75, 3.05) is 5.75 Å². The molecule has 8 heteroatoms. The Labute approximate surface area is 108 Å². The monoisotopic (exact) mass is 277 g/mol. The maximum atomic E-state index is 11.2. The Morgan fingerprint density at radius 3 is 2.22 bits per heavy atom. The summed E-state index contributed by atoms with van der Waals surface area (Å²) in [5.74, 6) is -2.45. The third-order valence-corrected chi connectivity index (χ3v) is 2.85. The van der Waals surface area contributed by atoms with Crippen LogP contribution in [0.4, 0.5) is 0 Å². The fourth-order valence-electron chi connectivity index (χ4n) is 1.07. The second-order valence-electron chi connectivity index (χ2n) is 3.49. The van der Waals surface area contributed by atoms with Crippen LogP contribution in [-0.2, 0) is 19.2 Å². The lowest BCUT2D eigenvalue weighted by molar-refractivity contribution is -0.141. The quantitative estimate of drug-likeness (QED) is 0.575. The molecule has 0 aliphatic heterocycles. The van der Waals surface area contributed by atoms with Crippen LogP contribution in [0.1, 0.15) is 26.2 Å². The molecule has 3 N–H and O–H groups in total. The molecule has 0 saturated carbocycles. The molecule has 1 amide bonds. The number of carboxylic acids is 2. The van der Waals surface area contributed by atoms with Crippen molar-refractivity contribution in [3.63, 3.8) is 0 Å². The van der Waals surface area contributed by atoms with Gasteiger partial charge < -0.3 is 15.5 Å². The van der Waals surface area contributed by atoms with Crippen LogP contribution in [0, 0.1) is 0 Å². The molecule has 1 unspecified atom stereocenters. The van der Waals surface area contributed by atoms with Gasteiger partial charge in [0.25, 0.3) is 0 Å². The fourth-order valence-corrected chi connectivity index (χ4v) is 1.90. The van der Waals surface area contributed by atoms with Crippen molar-refractivity contribution in [1.82, 2.24) is 5.32 Å². The zero-order valence-corrected chi connectivity index (χ0v) is 10.7. The molecule has 0 spiro atoms. The maximum absolute atomic E-state index is 11.2. The number of nitrogens with one attached hydrogen (secondary N) is 1. The summed E-state index contributed by atoms with van der Waals surface area (Å²) in [7, 11) is 0. The van der Waals surface area contributed by atoms with E-state index in [0.717, 1.165) is 11.8 Å². The minimum atomic E-state index is -1.16. The van der Waals surface area contributed by atoms with Gasteiger partial charge in [0, 0.05) is 19.1 Å². The van der Waals surface area contributed by atoms with Gasteiger partial charge in [0.2, 0.25) is 5.91 Å². The molecular weight excluding hydrogens is 262 g/mol. The lowest BCUT2D eigenvalue weighted by Gasteiger charge is -2.12. The van der Waals surface area contributed by atoms with E-state index in [0.29, 0.717) is 0 Å². The smallest absolute Gasteiger partial charge is 0.326 e. The predicted molar refractivity (Wildman–Crippen MR) is 64.2 cm³/mol. The Kier molecular flexibility index (Phi) is 7.77. The first-order valence-corrected chi connectivity index (χ1v) is 6.18. The second kappa shape index (κ2) is 8.51. The second-order valence-corrected chi connectivity index (χ2v) is 4.65. The lowest BCUT2D eigenvalue weighted by Crippen LogP contribution is -2.39. The molecule has 102 valence electrons. The molecule has 0 radical (unpaired) electrons. The molecule has 0 heterocycles. The Hall–Kier alpha value is -1.57. The van der Waals surface area contributed by atoms with Gasteiger partial charge in [0.15, 0.2) is 5.12 Å².